The lowest BCUT2D eigenvalue weighted by Gasteiger charge is -2.28. The minimum Gasteiger partial charge on any atom is -0.393 e. The maximum Gasteiger partial charge on any atom is 0.159 e. The van der Waals surface area contributed by atoms with Crippen LogP contribution < -0.4 is 16.0 Å². The first-order valence-electron chi connectivity index (χ1n) is 9.12. The summed E-state index contributed by atoms with van der Waals surface area (Å²) in [6.07, 6.45) is 2.55. The molecule has 0 saturated heterocycles. The van der Waals surface area contributed by atoms with Crippen molar-refractivity contribution in [3.8, 4) is 0 Å². The van der Waals surface area contributed by atoms with Crippen LogP contribution in [0.2, 0.25) is 0 Å². The highest BCUT2D eigenvalue weighted by Gasteiger charge is 2.18. The van der Waals surface area contributed by atoms with Crippen LogP contribution in [0.25, 0.3) is 0 Å². The predicted octanol–water partition coefficient (Wildman–Crippen LogP) is 4.48. The number of benzene rings is 1. The quantitative estimate of drug-likeness (QED) is 0.741. The number of hydrogen-bond acceptors (Lipinski definition) is 5. The molecule has 0 spiro atoms. The number of nitrogen functional groups attached to an aromatic ring is 1. The molecule has 1 aromatic carbocycles. The zero-order valence-electron chi connectivity index (χ0n) is 16.1. The van der Waals surface area contributed by atoms with Crippen molar-refractivity contribution in [2.45, 2.75) is 41.0 Å². The number of para-hydroxylation sites is 1. The Kier molecular flexibility index (Phi) is 6.62. The van der Waals surface area contributed by atoms with Gasteiger partial charge in [-0.05, 0) is 29.9 Å². The summed E-state index contributed by atoms with van der Waals surface area (Å²) in [5.41, 5.74) is 9.33. The Balaban J connectivity index is 2.34. The molecule has 0 bridgehead atoms. The summed E-state index contributed by atoms with van der Waals surface area (Å²) >= 11 is 0. The molecule has 2 aromatic rings. The van der Waals surface area contributed by atoms with Crippen LogP contribution in [0.5, 0.6) is 0 Å². The van der Waals surface area contributed by atoms with E-state index in [0.717, 1.165) is 31.0 Å². The van der Waals surface area contributed by atoms with E-state index >= 15 is 0 Å². The molecule has 0 unspecified atom stereocenters. The van der Waals surface area contributed by atoms with Crippen molar-refractivity contribution >= 4 is 23.0 Å². The number of aryl methyl sites for hydroxylation is 1. The van der Waals surface area contributed by atoms with Gasteiger partial charge in [0.1, 0.15) is 12.0 Å². The molecule has 0 aliphatic carbocycles. The largest absolute Gasteiger partial charge is 0.393 e. The van der Waals surface area contributed by atoms with Gasteiger partial charge in [-0.15, -0.1) is 0 Å². The summed E-state index contributed by atoms with van der Waals surface area (Å²) in [5, 5.41) is 3.39. The Morgan fingerprint density at radius 1 is 1.04 bits per heavy atom. The molecule has 1 heterocycles. The first-order chi connectivity index (χ1) is 11.9. The normalized spacial score (nSPS) is 11.2. The van der Waals surface area contributed by atoms with E-state index in [-0.39, 0.29) is 0 Å². The maximum atomic E-state index is 6.45. The molecule has 0 aliphatic heterocycles. The minimum atomic E-state index is 0.533. The van der Waals surface area contributed by atoms with Gasteiger partial charge in [0.15, 0.2) is 11.6 Å². The van der Waals surface area contributed by atoms with Crippen molar-refractivity contribution in [3.63, 3.8) is 0 Å². The summed E-state index contributed by atoms with van der Waals surface area (Å²) in [4.78, 5) is 11.1. The van der Waals surface area contributed by atoms with E-state index < -0.39 is 0 Å². The predicted molar refractivity (Wildman–Crippen MR) is 107 cm³/mol. The monoisotopic (exact) mass is 341 g/mol. The number of rotatable bonds is 8. The number of hydrogen-bond donors (Lipinski definition) is 2. The minimum absolute atomic E-state index is 0.533. The van der Waals surface area contributed by atoms with Crippen molar-refractivity contribution in [2.24, 2.45) is 11.8 Å². The highest BCUT2D eigenvalue weighted by Crippen LogP contribution is 2.30. The Morgan fingerprint density at radius 2 is 1.68 bits per heavy atom. The van der Waals surface area contributed by atoms with Gasteiger partial charge in [-0.1, -0.05) is 52.8 Å². The molecule has 136 valence electrons. The fraction of sp³-hybridized carbons (Fsp3) is 0.500. The van der Waals surface area contributed by atoms with Crippen molar-refractivity contribution in [1.29, 1.82) is 0 Å². The van der Waals surface area contributed by atoms with Crippen LogP contribution in [0.3, 0.4) is 0 Å². The molecule has 2 rings (SSSR count). The first kappa shape index (κ1) is 19.0. The number of nitrogens with zero attached hydrogens (tertiary/aromatic N) is 3. The lowest BCUT2D eigenvalue weighted by Crippen LogP contribution is -2.32. The Bertz CT molecular complexity index is 672. The van der Waals surface area contributed by atoms with Gasteiger partial charge < -0.3 is 16.0 Å². The third-order valence-corrected chi connectivity index (χ3v) is 3.98. The summed E-state index contributed by atoms with van der Waals surface area (Å²) in [6.45, 7) is 12.8. The highest BCUT2D eigenvalue weighted by molar-refractivity contribution is 5.79. The molecule has 0 saturated carbocycles. The topological polar surface area (TPSA) is 67.1 Å². The molecule has 5 heteroatoms. The molecule has 0 fully saturated rings. The van der Waals surface area contributed by atoms with E-state index in [1.165, 1.54) is 5.56 Å². The van der Waals surface area contributed by atoms with Gasteiger partial charge in [-0.2, -0.15) is 0 Å². The molecule has 0 atom stereocenters. The number of nitrogens with one attached hydrogen (secondary N) is 1. The van der Waals surface area contributed by atoms with Crippen molar-refractivity contribution in [2.75, 3.05) is 29.0 Å². The molecule has 0 aliphatic rings. The highest BCUT2D eigenvalue weighted by atomic mass is 15.2. The SMILES string of the molecule is CCc1ccccc1Nc1ncnc(N(CC(C)C)CC(C)C)c1N. The van der Waals surface area contributed by atoms with Gasteiger partial charge in [0.05, 0.1) is 0 Å². The Labute approximate surface area is 151 Å². The fourth-order valence-electron chi connectivity index (χ4n) is 2.95. The lowest BCUT2D eigenvalue weighted by atomic mass is 10.1. The van der Waals surface area contributed by atoms with Crippen LogP contribution in [-0.4, -0.2) is 23.1 Å². The average Bonchev–Trinajstić information content (AvgIpc) is 2.56. The summed E-state index contributed by atoms with van der Waals surface area (Å²) in [6, 6.07) is 8.24. The third-order valence-electron chi connectivity index (χ3n) is 3.98. The third kappa shape index (κ3) is 5.08. The van der Waals surface area contributed by atoms with E-state index in [0.29, 0.717) is 23.3 Å². The molecule has 0 amide bonds. The van der Waals surface area contributed by atoms with Gasteiger partial charge in [0, 0.05) is 18.8 Å². The summed E-state index contributed by atoms with van der Waals surface area (Å²) in [5.74, 6) is 2.55. The zero-order valence-corrected chi connectivity index (χ0v) is 16.1. The molecule has 25 heavy (non-hydrogen) atoms. The van der Waals surface area contributed by atoms with E-state index in [4.69, 9.17) is 5.73 Å². The van der Waals surface area contributed by atoms with E-state index in [2.05, 4.69) is 66.9 Å². The molecular formula is C20H31N5. The molecular weight excluding hydrogens is 310 g/mol. The van der Waals surface area contributed by atoms with E-state index in [1.54, 1.807) is 6.33 Å². The first-order valence-corrected chi connectivity index (χ1v) is 9.12. The van der Waals surface area contributed by atoms with Crippen LogP contribution >= 0.6 is 0 Å². The summed E-state index contributed by atoms with van der Waals surface area (Å²) < 4.78 is 0. The number of nitrogens with two attached hydrogens (primary N) is 1. The summed E-state index contributed by atoms with van der Waals surface area (Å²) in [7, 11) is 0. The average molecular weight is 342 g/mol. The van der Waals surface area contributed by atoms with Crippen molar-refractivity contribution in [3.05, 3.63) is 36.2 Å². The van der Waals surface area contributed by atoms with Crippen LogP contribution in [0.1, 0.15) is 40.2 Å². The lowest BCUT2D eigenvalue weighted by molar-refractivity contribution is 0.549. The van der Waals surface area contributed by atoms with Gasteiger partial charge >= 0.3 is 0 Å². The van der Waals surface area contributed by atoms with E-state index in [1.807, 2.05) is 12.1 Å². The molecule has 5 nitrogen and oxygen atoms in total. The van der Waals surface area contributed by atoms with Crippen molar-refractivity contribution < 1.29 is 0 Å². The van der Waals surface area contributed by atoms with Gasteiger partial charge in [-0.25, -0.2) is 9.97 Å². The second-order valence-electron chi connectivity index (χ2n) is 7.29. The Hall–Kier alpha value is -2.30. The maximum absolute atomic E-state index is 6.45. The fourth-order valence-corrected chi connectivity index (χ4v) is 2.95. The number of anilines is 4. The number of aromatic nitrogens is 2. The molecule has 3 N–H and O–H groups in total. The standard InChI is InChI=1S/C20H31N5/c1-6-16-9-7-8-10-17(16)24-19-18(21)20(23-13-22-19)25(11-14(2)3)12-15(4)5/h7-10,13-15H,6,11-12,21H2,1-5H3,(H,22,23,24). The zero-order chi connectivity index (χ0) is 18.4. The second kappa shape index (κ2) is 8.70. The van der Waals surface area contributed by atoms with Gasteiger partial charge in [-0.3, -0.25) is 0 Å². The molecule has 1 aromatic heterocycles. The van der Waals surface area contributed by atoms with Crippen molar-refractivity contribution in [1.82, 2.24) is 9.97 Å². The van der Waals surface area contributed by atoms with E-state index in [9.17, 15) is 0 Å². The van der Waals surface area contributed by atoms with Crippen LogP contribution in [0.4, 0.5) is 23.0 Å². The van der Waals surface area contributed by atoms with Crippen LogP contribution in [0, 0.1) is 11.8 Å². The second-order valence-corrected chi connectivity index (χ2v) is 7.29. The van der Waals surface area contributed by atoms with Gasteiger partial charge in [0.25, 0.3) is 0 Å². The van der Waals surface area contributed by atoms with Crippen LogP contribution in [0.15, 0.2) is 30.6 Å². The smallest absolute Gasteiger partial charge is 0.159 e. The molecule has 0 radical (unpaired) electrons. The Morgan fingerprint density at radius 3 is 2.28 bits per heavy atom. The van der Waals surface area contributed by atoms with Gasteiger partial charge in [0.2, 0.25) is 0 Å². The van der Waals surface area contributed by atoms with Crippen LogP contribution in [-0.2, 0) is 6.42 Å².